The normalized spacial score (nSPS) is 12.0. The average Bonchev–Trinajstić information content (AvgIpc) is 2.50. The van der Waals surface area contributed by atoms with Crippen molar-refractivity contribution in [1.82, 2.24) is 0 Å². The predicted octanol–water partition coefficient (Wildman–Crippen LogP) is 4.60. The Hall–Kier alpha value is -3.08. The van der Waals surface area contributed by atoms with Gasteiger partial charge in [0, 0.05) is 6.07 Å². The molecule has 3 aromatic rings. The number of non-ortho nitro benzene ring substituents is 1. The molecule has 0 fully saturated rings. The van der Waals surface area contributed by atoms with Crippen LogP contribution in [-0.2, 0) is 0 Å². The molecule has 4 rings (SSSR count). The van der Waals surface area contributed by atoms with Gasteiger partial charge >= 0.3 is 0 Å². The van der Waals surface area contributed by atoms with Gasteiger partial charge < -0.3 is 10.1 Å². The van der Waals surface area contributed by atoms with Crippen LogP contribution in [0.15, 0.2) is 54.6 Å². The topological polar surface area (TPSA) is 64.4 Å². The van der Waals surface area contributed by atoms with Gasteiger partial charge in [0.1, 0.15) is 0 Å². The van der Waals surface area contributed by atoms with Crippen LogP contribution in [-0.4, -0.2) is 4.92 Å². The maximum atomic E-state index is 10.8. The molecule has 1 aliphatic heterocycles. The molecule has 0 radical (unpaired) electrons. The van der Waals surface area contributed by atoms with E-state index in [-0.39, 0.29) is 5.69 Å². The molecule has 0 saturated carbocycles. The molecule has 1 heterocycles. The summed E-state index contributed by atoms with van der Waals surface area (Å²) in [5, 5.41) is 16.3. The van der Waals surface area contributed by atoms with E-state index in [1.165, 1.54) is 12.1 Å². The highest BCUT2D eigenvalue weighted by Gasteiger charge is 2.20. The smallest absolute Gasteiger partial charge is 0.273 e. The number of nitrogens with zero attached hydrogens (tertiary/aromatic N) is 1. The molecular weight excluding hydrogens is 268 g/mol. The van der Waals surface area contributed by atoms with Crippen molar-refractivity contribution in [3.8, 4) is 11.5 Å². The molecule has 0 aromatic heterocycles. The first-order chi connectivity index (χ1) is 10.2. The number of anilines is 2. The Morgan fingerprint density at radius 2 is 1.62 bits per heavy atom. The van der Waals surface area contributed by atoms with Crippen LogP contribution in [0.2, 0.25) is 0 Å². The molecule has 5 nitrogen and oxygen atoms in total. The first-order valence-corrected chi connectivity index (χ1v) is 6.47. The first-order valence-electron chi connectivity index (χ1n) is 6.47. The second-order valence-electron chi connectivity index (χ2n) is 4.86. The molecule has 0 unspecified atom stereocenters. The Morgan fingerprint density at radius 3 is 2.38 bits per heavy atom. The van der Waals surface area contributed by atoms with Crippen molar-refractivity contribution in [3.63, 3.8) is 0 Å². The van der Waals surface area contributed by atoms with Crippen LogP contribution in [0, 0.1) is 10.1 Å². The third-order valence-corrected chi connectivity index (χ3v) is 3.51. The van der Waals surface area contributed by atoms with Crippen LogP contribution in [0.1, 0.15) is 0 Å². The summed E-state index contributed by atoms with van der Waals surface area (Å²) >= 11 is 0. The summed E-state index contributed by atoms with van der Waals surface area (Å²) in [5.74, 6) is 1.13. The van der Waals surface area contributed by atoms with E-state index in [0.29, 0.717) is 11.5 Å². The average molecular weight is 278 g/mol. The zero-order valence-corrected chi connectivity index (χ0v) is 10.9. The number of rotatable bonds is 1. The summed E-state index contributed by atoms with van der Waals surface area (Å²) in [7, 11) is 0. The fraction of sp³-hybridized carbons (Fsp3) is 0. The summed E-state index contributed by atoms with van der Waals surface area (Å²) in [4.78, 5) is 10.4. The third-order valence-electron chi connectivity index (χ3n) is 3.51. The van der Waals surface area contributed by atoms with Gasteiger partial charge in [-0.05, 0) is 29.0 Å². The summed E-state index contributed by atoms with van der Waals surface area (Å²) < 4.78 is 5.81. The Kier molecular flexibility index (Phi) is 2.35. The van der Waals surface area contributed by atoms with E-state index in [1.54, 1.807) is 6.07 Å². The van der Waals surface area contributed by atoms with Crippen molar-refractivity contribution in [2.75, 3.05) is 5.32 Å². The van der Waals surface area contributed by atoms with Gasteiger partial charge in [-0.15, -0.1) is 0 Å². The van der Waals surface area contributed by atoms with Crippen molar-refractivity contribution in [1.29, 1.82) is 0 Å². The molecule has 0 atom stereocenters. The van der Waals surface area contributed by atoms with Gasteiger partial charge in [-0.25, -0.2) is 0 Å². The zero-order valence-electron chi connectivity index (χ0n) is 10.9. The van der Waals surface area contributed by atoms with E-state index in [0.717, 1.165) is 22.1 Å². The maximum absolute atomic E-state index is 10.8. The van der Waals surface area contributed by atoms with Crippen LogP contribution in [0.5, 0.6) is 11.5 Å². The molecule has 0 amide bonds. The van der Waals surface area contributed by atoms with Crippen LogP contribution < -0.4 is 10.1 Å². The minimum absolute atomic E-state index is 0.0137. The van der Waals surface area contributed by atoms with Crippen LogP contribution in [0.3, 0.4) is 0 Å². The molecule has 3 aromatic carbocycles. The van der Waals surface area contributed by atoms with Gasteiger partial charge in [-0.2, -0.15) is 0 Å². The Balaban J connectivity index is 1.84. The number of nitrogens with one attached hydrogen (secondary N) is 1. The standard InChI is InChI=1S/C16H10N2O3/c19-18(20)12-5-6-13-16(9-12)21-15-8-11-4-2-1-3-10(11)7-14(15)17-13/h1-9,17H. The van der Waals surface area contributed by atoms with Crippen molar-refractivity contribution >= 4 is 27.8 Å². The molecular formula is C16H10N2O3. The molecule has 0 bridgehead atoms. The lowest BCUT2D eigenvalue weighted by atomic mass is 10.1. The number of nitro benzene ring substituents is 1. The van der Waals surface area contributed by atoms with Gasteiger partial charge in [-0.3, -0.25) is 10.1 Å². The first kappa shape index (κ1) is 11.7. The van der Waals surface area contributed by atoms with Crippen molar-refractivity contribution in [2.24, 2.45) is 0 Å². The Labute approximate surface area is 119 Å². The fourth-order valence-electron chi connectivity index (χ4n) is 2.48. The SMILES string of the molecule is O=[N+]([O-])c1ccc2c(c1)Oc1cc3ccccc3cc1N2. The van der Waals surface area contributed by atoms with E-state index >= 15 is 0 Å². The summed E-state index contributed by atoms with van der Waals surface area (Å²) in [5.41, 5.74) is 1.60. The third kappa shape index (κ3) is 1.87. The number of ether oxygens (including phenoxy) is 1. The number of fused-ring (bicyclic) bond motifs is 3. The zero-order chi connectivity index (χ0) is 14.4. The molecule has 1 aliphatic rings. The van der Waals surface area contributed by atoms with Gasteiger partial charge in [0.05, 0.1) is 22.4 Å². The summed E-state index contributed by atoms with van der Waals surface area (Å²) in [6.45, 7) is 0. The Bertz CT molecular complexity index is 890. The van der Waals surface area contributed by atoms with Crippen molar-refractivity contribution in [3.05, 3.63) is 64.7 Å². The highest BCUT2D eigenvalue weighted by atomic mass is 16.6. The quantitative estimate of drug-likeness (QED) is 0.408. The minimum Gasteiger partial charge on any atom is -0.453 e. The summed E-state index contributed by atoms with van der Waals surface area (Å²) in [6, 6.07) is 16.5. The molecule has 0 saturated heterocycles. The van der Waals surface area contributed by atoms with E-state index in [1.807, 2.05) is 36.4 Å². The van der Waals surface area contributed by atoms with Crippen LogP contribution in [0.4, 0.5) is 17.1 Å². The highest BCUT2D eigenvalue weighted by Crippen LogP contribution is 2.44. The number of hydrogen-bond acceptors (Lipinski definition) is 4. The maximum Gasteiger partial charge on any atom is 0.273 e. The van der Waals surface area contributed by atoms with E-state index < -0.39 is 4.92 Å². The second-order valence-corrected chi connectivity index (χ2v) is 4.86. The van der Waals surface area contributed by atoms with Crippen molar-refractivity contribution in [2.45, 2.75) is 0 Å². The molecule has 1 N–H and O–H groups in total. The lowest BCUT2D eigenvalue weighted by Crippen LogP contribution is -2.03. The van der Waals surface area contributed by atoms with E-state index in [4.69, 9.17) is 4.74 Å². The molecule has 21 heavy (non-hydrogen) atoms. The number of hydrogen-bond donors (Lipinski definition) is 1. The second kappa shape index (κ2) is 4.21. The molecule has 0 spiro atoms. The molecule has 0 aliphatic carbocycles. The van der Waals surface area contributed by atoms with Crippen LogP contribution >= 0.6 is 0 Å². The fourth-order valence-corrected chi connectivity index (χ4v) is 2.48. The largest absolute Gasteiger partial charge is 0.453 e. The van der Waals surface area contributed by atoms with E-state index in [2.05, 4.69) is 5.32 Å². The Morgan fingerprint density at radius 1 is 0.905 bits per heavy atom. The number of benzene rings is 3. The molecule has 102 valence electrons. The highest BCUT2D eigenvalue weighted by molar-refractivity contribution is 5.91. The van der Waals surface area contributed by atoms with Gasteiger partial charge in [0.25, 0.3) is 5.69 Å². The van der Waals surface area contributed by atoms with Gasteiger partial charge in [-0.1, -0.05) is 24.3 Å². The monoisotopic (exact) mass is 278 g/mol. The predicted molar refractivity (Wildman–Crippen MR) is 80.4 cm³/mol. The lowest BCUT2D eigenvalue weighted by molar-refractivity contribution is -0.384. The van der Waals surface area contributed by atoms with Crippen LogP contribution in [0.25, 0.3) is 10.8 Å². The van der Waals surface area contributed by atoms with E-state index in [9.17, 15) is 10.1 Å². The minimum atomic E-state index is -0.431. The summed E-state index contributed by atoms with van der Waals surface area (Å²) in [6.07, 6.45) is 0. The van der Waals surface area contributed by atoms with Crippen molar-refractivity contribution < 1.29 is 9.66 Å². The molecule has 5 heteroatoms. The number of nitro groups is 1. The lowest BCUT2D eigenvalue weighted by Gasteiger charge is -2.22. The van der Waals surface area contributed by atoms with Gasteiger partial charge in [0.2, 0.25) is 0 Å². The van der Waals surface area contributed by atoms with Gasteiger partial charge in [0.15, 0.2) is 11.5 Å².